The molecule has 2 aromatic rings. The number of carbonyl (C=O) groups excluding carboxylic acids is 1. The number of hydrogen-bond donors (Lipinski definition) is 1. The second-order valence-electron chi connectivity index (χ2n) is 4.17. The first-order valence-corrected chi connectivity index (χ1v) is 7.08. The third-order valence-electron chi connectivity index (χ3n) is 2.85. The van der Waals surface area contributed by atoms with Crippen LogP contribution in [0.4, 0.5) is 0 Å². The van der Waals surface area contributed by atoms with E-state index in [0.717, 1.165) is 17.7 Å². The van der Waals surface area contributed by atoms with Gasteiger partial charge in [0.25, 0.3) is 0 Å². The summed E-state index contributed by atoms with van der Waals surface area (Å²) in [5, 5.41) is 4.95. The van der Waals surface area contributed by atoms with Crippen LogP contribution in [0, 0.1) is 0 Å². The number of hydrogen-bond acceptors (Lipinski definition) is 3. The van der Waals surface area contributed by atoms with Crippen LogP contribution in [0.2, 0.25) is 0 Å². The van der Waals surface area contributed by atoms with E-state index in [4.69, 9.17) is 4.74 Å². The van der Waals surface area contributed by atoms with E-state index in [1.807, 2.05) is 35.7 Å². The highest BCUT2D eigenvalue weighted by Gasteiger charge is 2.05. The van der Waals surface area contributed by atoms with Gasteiger partial charge in [-0.1, -0.05) is 24.3 Å². The van der Waals surface area contributed by atoms with Crippen LogP contribution >= 0.6 is 11.3 Å². The van der Waals surface area contributed by atoms with Gasteiger partial charge in [-0.15, -0.1) is 11.3 Å². The number of ether oxygens (including phenoxy) is 1. The lowest BCUT2D eigenvalue weighted by Gasteiger charge is -2.09. The average molecular weight is 275 g/mol. The van der Waals surface area contributed by atoms with Crippen LogP contribution in [0.15, 0.2) is 41.8 Å². The Morgan fingerprint density at radius 3 is 2.84 bits per heavy atom. The molecule has 0 radical (unpaired) electrons. The zero-order valence-corrected chi connectivity index (χ0v) is 11.7. The number of carbonyl (C=O) groups is 1. The Kier molecular flexibility index (Phi) is 4.98. The van der Waals surface area contributed by atoms with Crippen LogP contribution in [-0.2, 0) is 17.8 Å². The van der Waals surface area contributed by atoms with Crippen LogP contribution in [0.5, 0.6) is 5.75 Å². The van der Waals surface area contributed by atoms with E-state index in [2.05, 4.69) is 11.4 Å². The smallest absolute Gasteiger partial charge is 0.220 e. The van der Waals surface area contributed by atoms with E-state index in [9.17, 15) is 4.79 Å². The van der Waals surface area contributed by atoms with Crippen LogP contribution in [0.25, 0.3) is 0 Å². The first kappa shape index (κ1) is 13.6. The van der Waals surface area contributed by atoms with E-state index >= 15 is 0 Å². The maximum atomic E-state index is 11.8. The molecule has 0 bridgehead atoms. The van der Waals surface area contributed by atoms with Crippen molar-refractivity contribution in [3.05, 3.63) is 52.2 Å². The number of benzene rings is 1. The summed E-state index contributed by atoms with van der Waals surface area (Å²) in [7, 11) is 1.64. The van der Waals surface area contributed by atoms with Crippen LogP contribution in [0.1, 0.15) is 16.9 Å². The van der Waals surface area contributed by atoms with Crippen molar-refractivity contribution in [1.82, 2.24) is 5.32 Å². The minimum absolute atomic E-state index is 0.0688. The molecule has 0 aliphatic rings. The van der Waals surface area contributed by atoms with Crippen LogP contribution in [0.3, 0.4) is 0 Å². The van der Waals surface area contributed by atoms with Crippen molar-refractivity contribution in [2.24, 2.45) is 0 Å². The number of nitrogens with one attached hydrogen (secondary N) is 1. The first-order valence-electron chi connectivity index (χ1n) is 6.20. The molecule has 3 nitrogen and oxygen atoms in total. The highest BCUT2D eigenvalue weighted by molar-refractivity contribution is 7.09. The molecule has 0 unspecified atom stereocenters. The molecule has 100 valence electrons. The topological polar surface area (TPSA) is 38.3 Å². The minimum Gasteiger partial charge on any atom is -0.496 e. The maximum absolute atomic E-state index is 11.8. The lowest BCUT2D eigenvalue weighted by Crippen LogP contribution is -2.23. The molecular weight excluding hydrogens is 258 g/mol. The van der Waals surface area contributed by atoms with Crippen molar-refractivity contribution in [2.75, 3.05) is 7.11 Å². The van der Waals surface area contributed by atoms with Crippen molar-refractivity contribution in [3.8, 4) is 5.75 Å². The van der Waals surface area contributed by atoms with Crippen LogP contribution < -0.4 is 10.1 Å². The van der Waals surface area contributed by atoms with Crippen molar-refractivity contribution in [2.45, 2.75) is 19.4 Å². The Labute approximate surface area is 117 Å². The summed E-state index contributed by atoms with van der Waals surface area (Å²) in [6.07, 6.45) is 1.32. The summed E-state index contributed by atoms with van der Waals surface area (Å²) in [6.45, 7) is 0.507. The number of methoxy groups -OCH3 is 1. The fourth-order valence-corrected chi connectivity index (χ4v) is 2.53. The molecule has 0 spiro atoms. The van der Waals surface area contributed by atoms with Gasteiger partial charge in [0.05, 0.1) is 7.11 Å². The maximum Gasteiger partial charge on any atom is 0.220 e. The highest BCUT2D eigenvalue weighted by atomic mass is 32.1. The molecule has 1 aromatic heterocycles. The molecule has 0 fully saturated rings. The molecule has 1 amide bonds. The molecule has 1 N–H and O–H groups in total. The van der Waals surface area contributed by atoms with Gasteiger partial charge in [0.2, 0.25) is 5.91 Å². The minimum atomic E-state index is 0.0688. The third kappa shape index (κ3) is 4.10. The predicted octanol–water partition coefficient (Wildman–Crippen LogP) is 3.01. The summed E-state index contributed by atoms with van der Waals surface area (Å²) in [5.41, 5.74) is 0.995. The van der Waals surface area contributed by atoms with E-state index in [-0.39, 0.29) is 5.91 Å². The van der Waals surface area contributed by atoms with Gasteiger partial charge in [-0.2, -0.15) is 0 Å². The Morgan fingerprint density at radius 2 is 2.11 bits per heavy atom. The van der Waals surface area contributed by atoms with Gasteiger partial charge in [-0.05, 0) is 23.9 Å². The quantitative estimate of drug-likeness (QED) is 0.880. The Balaban J connectivity index is 1.80. The standard InChI is InChI=1S/C15H17NO2S/c1-18-14-7-3-2-5-12(14)11-16-15(17)9-8-13-6-4-10-19-13/h2-7,10H,8-9,11H2,1H3,(H,16,17). The normalized spacial score (nSPS) is 10.2. The summed E-state index contributed by atoms with van der Waals surface area (Å²) >= 11 is 1.69. The van der Waals surface area contributed by atoms with E-state index in [1.54, 1.807) is 18.4 Å². The second-order valence-corrected chi connectivity index (χ2v) is 5.20. The molecule has 0 saturated carbocycles. The lowest BCUT2D eigenvalue weighted by molar-refractivity contribution is -0.121. The largest absolute Gasteiger partial charge is 0.496 e. The third-order valence-corrected chi connectivity index (χ3v) is 3.78. The molecule has 0 aliphatic carbocycles. The van der Waals surface area contributed by atoms with Crippen molar-refractivity contribution < 1.29 is 9.53 Å². The summed E-state index contributed by atoms with van der Waals surface area (Å²) in [5.74, 6) is 0.875. The number of thiophene rings is 1. The van der Waals surface area contributed by atoms with Gasteiger partial charge >= 0.3 is 0 Å². The summed E-state index contributed by atoms with van der Waals surface area (Å²) in [6, 6.07) is 11.8. The van der Waals surface area contributed by atoms with Gasteiger partial charge in [-0.3, -0.25) is 4.79 Å². The fraction of sp³-hybridized carbons (Fsp3) is 0.267. The van der Waals surface area contributed by atoms with Gasteiger partial charge in [0.1, 0.15) is 5.75 Å². The molecule has 4 heteroatoms. The first-order chi connectivity index (χ1) is 9.29. The summed E-state index contributed by atoms with van der Waals surface area (Å²) < 4.78 is 5.25. The predicted molar refractivity (Wildman–Crippen MR) is 77.5 cm³/mol. The highest BCUT2D eigenvalue weighted by Crippen LogP contribution is 2.16. The van der Waals surface area contributed by atoms with Crippen molar-refractivity contribution in [1.29, 1.82) is 0 Å². The molecule has 0 aliphatic heterocycles. The number of rotatable bonds is 6. The van der Waals surface area contributed by atoms with Crippen molar-refractivity contribution >= 4 is 17.2 Å². The zero-order chi connectivity index (χ0) is 13.5. The number of para-hydroxylation sites is 1. The van der Waals surface area contributed by atoms with Gasteiger partial charge in [0, 0.05) is 23.4 Å². The molecule has 0 atom stereocenters. The van der Waals surface area contributed by atoms with Gasteiger partial charge < -0.3 is 10.1 Å². The van der Waals surface area contributed by atoms with Gasteiger partial charge in [-0.25, -0.2) is 0 Å². The van der Waals surface area contributed by atoms with Gasteiger partial charge in [0.15, 0.2) is 0 Å². The molecule has 19 heavy (non-hydrogen) atoms. The lowest BCUT2D eigenvalue weighted by atomic mass is 10.2. The van der Waals surface area contributed by atoms with E-state index in [0.29, 0.717) is 13.0 Å². The van der Waals surface area contributed by atoms with Crippen LogP contribution in [-0.4, -0.2) is 13.0 Å². The summed E-state index contributed by atoms with van der Waals surface area (Å²) in [4.78, 5) is 13.0. The Morgan fingerprint density at radius 1 is 1.26 bits per heavy atom. The van der Waals surface area contributed by atoms with E-state index in [1.165, 1.54) is 4.88 Å². The number of amides is 1. The Bertz CT molecular complexity index is 523. The van der Waals surface area contributed by atoms with E-state index < -0.39 is 0 Å². The number of aryl methyl sites for hydroxylation is 1. The second kappa shape index (κ2) is 6.95. The molecule has 1 aromatic carbocycles. The molecule has 2 rings (SSSR count). The monoisotopic (exact) mass is 275 g/mol. The Hall–Kier alpha value is -1.81. The molecule has 1 heterocycles. The zero-order valence-electron chi connectivity index (χ0n) is 10.9. The molecular formula is C15H17NO2S. The van der Waals surface area contributed by atoms with Crippen molar-refractivity contribution in [3.63, 3.8) is 0 Å². The fourth-order valence-electron chi connectivity index (χ4n) is 1.82. The average Bonchev–Trinajstić information content (AvgIpc) is 2.96. The SMILES string of the molecule is COc1ccccc1CNC(=O)CCc1cccs1. The molecule has 0 saturated heterocycles.